The first-order valence-corrected chi connectivity index (χ1v) is 7.86. The summed E-state index contributed by atoms with van der Waals surface area (Å²) in [6.07, 6.45) is 4.49. The van der Waals surface area contributed by atoms with Crippen molar-refractivity contribution in [1.29, 1.82) is 0 Å². The highest BCUT2D eigenvalue weighted by Gasteiger charge is 2.18. The van der Waals surface area contributed by atoms with E-state index in [9.17, 15) is 9.59 Å². The maximum Gasteiger partial charge on any atom is 0.273 e. The molecule has 0 bridgehead atoms. The summed E-state index contributed by atoms with van der Waals surface area (Å²) in [5, 5.41) is 15.4. The SMILES string of the molecule is Cc1nn2c(SCC(=O)NC3CCCC3)nnc2[nH]c1=O. The number of thioether (sulfide) groups is 1. The van der Waals surface area contributed by atoms with Gasteiger partial charge in [0.1, 0.15) is 5.69 Å². The Kier molecular flexibility index (Phi) is 3.91. The fourth-order valence-corrected chi connectivity index (χ4v) is 3.07. The number of H-pyrrole nitrogens is 1. The molecular formula is C12H16N6O2S. The zero-order chi connectivity index (χ0) is 14.8. The monoisotopic (exact) mass is 308 g/mol. The number of carbonyl (C=O) groups is 1. The van der Waals surface area contributed by atoms with E-state index in [1.54, 1.807) is 6.92 Å². The molecule has 2 aromatic rings. The summed E-state index contributed by atoms with van der Waals surface area (Å²) < 4.78 is 1.45. The Morgan fingerprint density at radius 1 is 1.43 bits per heavy atom. The Morgan fingerprint density at radius 3 is 2.95 bits per heavy atom. The molecule has 0 saturated heterocycles. The Hall–Kier alpha value is -1.90. The van der Waals surface area contributed by atoms with Gasteiger partial charge in [-0.1, -0.05) is 24.6 Å². The standard InChI is InChI=1S/C12H16N6O2S/c1-7-10(20)14-11-15-16-12(18(11)17-7)21-6-9(19)13-8-4-2-3-5-8/h8H,2-6H2,1H3,(H,13,19)(H,14,15,20). The minimum Gasteiger partial charge on any atom is -0.353 e. The van der Waals surface area contributed by atoms with Crippen LogP contribution < -0.4 is 10.9 Å². The van der Waals surface area contributed by atoms with Crippen LogP contribution in [0, 0.1) is 6.92 Å². The molecule has 2 N–H and O–H groups in total. The Balaban J connectivity index is 1.66. The molecule has 1 fully saturated rings. The van der Waals surface area contributed by atoms with Crippen molar-refractivity contribution in [2.24, 2.45) is 0 Å². The fraction of sp³-hybridized carbons (Fsp3) is 0.583. The predicted octanol–water partition coefficient (Wildman–Crippen LogP) is 0.272. The molecule has 1 saturated carbocycles. The van der Waals surface area contributed by atoms with Gasteiger partial charge in [-0.25, -0.2) is 0 Å². The van der Waals surface area contributed by atoms with Crippen molar-refractivity contribution in [3.8, 4) is 0 Å². The second-order valence-corrected chi connectivity index (χ2v) is 6.04. The van der Waals surface area contributed by atoms with Gasteiger partial charge >= 0.3 is 0 Å². The zero-order valence-electron chi connectivity index (χ0n) is 11.6. The van der Waals surface area contributed by atoms with Crippen LogP contribution in [0.15, 0.2) is 9.95 Å². The summed E-state index contributed by atoms with van der Waals surface area (Å²) in [6, 6.07) is 0.310. The number of aromatic amines is 1. The second kappa shape index (κ2) is 5.84. The van der Waals surface area contributed by atoms with E-state index in [0.29, 0.717) is 16.9 Å². The fourth-order valence-electron chi connectivity index (χ4n) is 2.38. The first-order chi connectivity index (χ1) is 10.1. The molecule has 0 spiro atoms. The number of aromatic nitrogens is 5. The molecule has 9 heteroatoms. The zero-order valence-corrected chi connectivity index (χ0v) is 12.4. The van der Waals surface area contributed by atoms with E-state index >= 15 is 0 Å². The van der Waals surface area contributed by atoms with Gasteiger partial charge in [-0.05, 0) is 19.8 Å². The molecule has 0 unspecified atom stereocenters. The average molecular weight is 308 g/mol. The van der Waals surface area contributed by atoms with E-state index in [1.807, 2.05) is 0 Å². The van der Waals surface area contributed by atoms with Gasteiger partial charge < -0.3 is 5.32 Å². The number of amides is 1. The lowest BCUT2D eigenvalue weighted by atomic mass is 10.2. The third-order valence-electron chi connectivity index (χ3n) is 3.47. The van der Waals surface area contributed by atoms with E-state index < -0.39 is 0 Å². The molecule has 1 aliphatic carbocycles. The molecule has 1 amide bonds. The predicted molar refractivity (Wildman–Crippen MR) is 77.3 cm³/mol. The lowest BCUT2D eigenvalue weighted by Crippen LogP contribution is -2.33. The highest BCUT2D eigenvalue weighted by molar-refractivity contribution is 7.99. The Morgan fingerprint density at radius 2 is 2.19 bits per heavy atom. The molecule has 0 aliphatic heterocycles. The van der Waals surface area contributed by atoms with Crippen LogP contribution in [0.5, 0.6) is 0 Å². The van der Waals surface area contributed by atoms with Crippen molar-refractivity contribution < 1.29 is 4.79 Å². The van der Waals surface area contributed by atoms with Crippen LogP contribution in [0.2, 0.25) is 0 Å². The van der Waals surface area contributed by atoms with Crippen molar-refractivity contribution in [3.05, 3.63) is 16.0 Å². The number of nitrogens with one attached hydrogen (secondary N) is 2. The van der Waals surface area contributed by atoms with E-state index in [0.717, 1.165) is 12.8 Å². The van der Waals surface area contributed by atoms with Crippen LogP contribution in [-0.4, -0.2) is 42.5 Å². The van der Waals surface area contributed by atoms with Crippen LogP contribution in [0.25, 0.3) is 5.78 Å². The number of nitrogens with zero attached hydrogens (tertiary/aromatic N) is 4. The average Bonchev–Trinajstić information content (AvgIpc) is 3.07. The molecule has 0 atom stereocenters. The second-order valence-electron chi connectivity index (χ2n) is 5.10. The van der Waals surface area contributed by atoms with E-state index in [4.69, 9.17) is 0 Å². The van der Waals surface area contributed by atoms with Crippen LogP contribution in [0.3, 0.4) is 0 Å². The first-order valence-electron chi connectivity index (χ1n) is 6.88. The molecule has 0 radical (unpaired) electrons. The number of carbonyl (C=O) groups excluding carboxylic acids is 1. The normalized spacial score (nSPS) is 15.7. The van der Waals surface area contributed by atoms with Crippen molar-refractivity contribution in [1.82, 2.24) is 30.1 Å². The number of hydrogen-bond acceptors (Lipinski definition) is 6. The highest BCUT2D eigenvalue weighted by Crippen LogP contribution is 2.18. The topological polar surface area (TPSA) is 105 Å². The molecule has 1 aliphatic rings. The molecule has 112 valence electrons. The van der Waals surface area contributed by atoms with Gasteiger partial charge in [-0.2, -0.15) is 9.61 Å². The molecular weight excluding hydrogens is 292 g/mol. The van der Waals surface area contributed by atoms with Gasteiger partial charge in [0, 0.05) is 6.04 Å². The number of rotatable bonds is 4. The molecule has 3 rings (SSSR count). The van der Waals surface area contributed by atoms with Crippen LogP contribution in [-0.2, 0) is 4.79 Å². The maximum absolute atomic E-state index is 11.9. The first kappa shape index (κ1) is 14.1. The summed E-state index contributed by atoms with van der Waals surface area (Å²) in [4.78, 5) is 25.9. The minimum atomic E-state index is -0.287. The van der Waals surface area contributed by atoms with E-state index in [1.165, 1.54) is 29.1 Å². The maximum atomic E-state index is 11.9. The summed E-state index contributed by atoms with van der Waals surface area (Å²) in [5.74, 6) is 0.533. The Bertz CT molecular complexity index is 718. The van der Waals surface area contributed by atoms with Gasteiger partial charge in [0.25, 0.3) is 11.3 Å². The van der Waals surface area contributed by atoms with Gasteiger partial charge in [0.15, 0.2) is 0 Å². The summed E-state index contributed by atoms with van der Waals surface area (Å²) in [6.45, 7) is 1.61. The quantitative estimate of drug-likeness (QED) is 0.786. The molecule has 21 heavy (non-hydrogen) atoms. The van der Waals surface area contributed by atoms with Gasteiger partial charge in [0.05, 0.1) is 5.75 Å². The van der Waals surface area contributed by atoms with Gasteiger partial charge in [-0.15, -0.1) is 10.2 Å². The lowest BCUT2D eigenvalue weighted by molar-refractivity contribution is -0.119. The van der Waals surface area contributed by atoms with Crippen LogP contribution in [0.1, 0.15) is 31.4 Å². The summed E-state index contributed by atoms with van der Waals surface area (Å²) in [5.41, 5.74) is 0.0463. The van der Waals surface area contributed by atoms with Gasteiger partial charge in [-0.3, -0.25) is 14.6 Å². The number of hydrogen-bond donors (Lipinski definition) is 2. The highest BCUT2D eigenvalue weighted by atomic mass is 32.2. The van der Waals surface area contributed by atoms with E-state index in [-0.39, 0.29) is 23.0 Å². The third kappa shape index (κ3) is 3.07. The number of fused-ring (bicyclic) bond motifs is 1. The van der Waals surface area contributed by atoms with Crippen molar-refractivity contribution in [2.75, 3.05) is 5.75 Å². The van der Waals surface area contributed by atoms with Crippen molar-refractivity contribution >= 4 is 23.4 Å². The molecule has 8 nitrogen and oxygen atoms in total. The molecule has 2 aromatic heterocycles. The van der Waals surface area contributed by atoms with Crippen molar-refractivity contribution in [2.45, 2.75) is 43.8 Å². The summed E-state index contributed by atoms with van der Waals surface area (Å²) in [7, 11) is 0. The molecule has 2 heterocycles. The van der Waals surface area contributed by atoms with Crippen molar-refractivity contribution in [3.63, 3.8) is 0 Å². The minimum absolute atomic E-state index is 0.00945. The lowest BCUT2D eigenvalue weighted by Gasteiger charge is -2.10. The molecule has 0 aromatic carbocycles. The third-order valence-corrected chi connectivity index (χ3v) is 4.39. The van der Waals surface area contributed by atoms with Gasteiger partial charge in [0.2, 0.25) is 11.1 Å². The smallest absolute Gasteiger partial charge is 0.273 e. The largest absolute Gasteiger partial charge is 0.353 e. The van der Waals surface area contributed by atoms with E-state index in [2.05, 4.69) is 25.6 Å². The van der Waals surface area contributed by atoms with Crippen LogP contribution >= 0.6 is 11.8 Å². The number of aryl methyl sites for hydroxylation is 1. The van der Waals surface area contributed by atoms with Crippen LogP contribution in [0.4, 0.5) is 0 Å². The summed E-state index contributed by atoms with van der Waals surface area (Å²) >= 11 is 1.26. The Labute approximate surface area is 124 Å².